The number of anilines is 1. The summed E-state index contributed by atoms with van der Waals surface area (Å²) < 4.78 is 5.17. The quantitative estimate of drug-likeness (QED) is 0.621. The monoisotopic (exact) mass is 444 g/mol. The fourth-order valence-electron chi connectivity index (χ4n) is 4.04. The number of carbonyl (C=O) groups excluding carboxylic acids is 2. The molecular weight excluding hydrogens is 416 g/mol. The highest BCUT2D eigenvalue weighted by molar-refractivity contribution is 6.04. The van der Waals surface area contributed by atoms with Crippen LogP contribution in [0.5, 0.6) is 5.75 Å². The van der Waals surface area contributed by atoms with Gasteiger partial charge in [0, 0.05) is 30.9 Å². The molecule has 33 heavy (non-hydrogen) atoms. The summed E-state index contributed by atoms with van der Waals surface area (Å²) >= 11 is 0. The Morgan fingerprint density at radius 3 is 2.39 bits per heavy atom. The van der Waals surface area contributed by atoms with Crippen molar-refractivity contribution in [3.8, 4) is 5.75 Å². The van der Waals surface area contributed by atoms with E-state index in [1.165, 1.54) is 0 Å². The molecule has 7 heteroatoms. The Kier molecular flexibility index (Phi) is 6.98. The van der Waals surface area contributed by atoms with E-state index in [0.717, 1.165) is 35.7 Å². The van der Waals surface area contributed by atoms with Crippen molar-refractivity contribution in [2.45, 2.75) is 32.1 Å². The highest BCUT2D eigenvalue weighted by Crippen LogP contribution is 2.26. The van der Waals surface area contributed by atoms with E-state index in [2.05, 4.69) is 15.3 Å². The average Bonchev–Trinajstić information content (AvgIpc) is 2.85. The largest absolute Gasteiger partial charge is 0.497 e. The van der Waals surface area contributed by atoms with Crippen molar-refractivity contribution in [3.05, 3.63) is 83.4 Å². The van der Waals surface area contributed by atoms with Gasteiger partial charge in [-0.25, -0.2) is 9.97 Å². The molecule has 0 radical (unpaired) electrons. The minimum absolute atomic E-state index is 0.128. The third-order valence-electron chi connectivity index (χ3n) is 6.00. The van der Waals surface area contributed by atoms with Crippen LogP contribution in [0, 0.1) is 6.92 Å². The molecule has 2 heterocycles. The van der Waals surface area contributed by atoms with Gasteiger partial charge in [-0.05, 0) is 49.6 Å². The number of nitrogens with one attached hydrogen (secondary N) is 1. The zero-order chi connectivity index (χ0) is 23.2. The van der Waals surface area contributed by atoms with Crippen molar-refractivity contribution in [2.24, 2.45) is 0 Å². The first-order valence-electron chi connectivity index (χ1n) is 11.1. The Balaban J connectivity index is 1.33. The number of aromatic nitrogens is 2. The fourth-order valence-corrected chi connectivity index (χ4v) is 4.04. The number of methoxy groups -OCH3 is 1. The number of carbonyl (C=O) groups is 2. The Labute approximate surface area is 193 Å². The molecule has 0 bridgehead atoms. The predicted molar refractivity (Wildman–Crippen MR) is 126 cm³/mol. The van der Waals surface area contributed by atoms with Gasteiger partial charge in [-0.1, -0.05) is 30.3 Å². The number of hydrogen-bond donors (Lipinski definition) is 1. The number of hydrogen-bond acceptors (Lipinski definition) is 5. The normalized spacial score (nSPS) is 14.1. The van der Waals surface area contributed by atoms with E-state index in [9.17, 15) is 9.59 Å². The van der Waals surface area contributed by atoms with Crippen LogP contribution < -0.4 is 10.1 Å². The lowest BCUT2D eigenvalue weighted by molar-refractivity contribution is -0.131. The molecule has 4 rings (SSSR count). The van der Waals surface area contributed by atoms with Gasteiger partial charge >= 0.3 is 0 Å². The molecule has 0 saturated carbocycles. The zero-order valence-corrected chi connectivity index (χ0v) is 19.0. The van der Waals surface area contributed by atoms with Crippen molar-refractivity contribution in [1.29, 1.82) is 0 Å². The molecule has 3 aromatic rings. The summed E-state index contributed by atoms with van der Waals surface area (Å²) in [4.78, 5) is 36.3. The number of amides is 2. The van der Waals surface area contributed by atoms with Gasteiger partial charge in [-0.3, -0.25) is 9.59 Å². The van der Waals surface area contributed by atoms with Crippen molar-refractivity contribution < 1.29 is 14.3 Å². The molecule has 7 nitrogen and oxygen atoms in total. The summed E-state index contributed by atoms with van der Waals surface area (Å²) in [5.41, 5.74) is 2.84. The smallest absolute Gasteiger partial charge is 0.259 e. The molecule has 2 aromatic carbocycles. The Hall–Kier alpha value is -3.74. The van der Waals surface area contributed by atoms with E-state index in [4.69, 9.17) is 4.74 Å². The molecule has 0 spiro atoms. The lowest BCUT2D eigenvalue weighted by Crippen LogP contribution is -2.39. The molecule has 1 aromatic heterocycles. The second-order valence-electron chi connectivity index (χ2n) is 8.23. The van der Waals surface area contributed by atoms with Gasteiger partial charge in [0.15, 0.2) is 0 Å². The summed E-state index contributed by atoms with van der Waals surface area (Å²) in [6.07, 6.45) is 3.61. The first-order valence-corrected chi connectivity index (χ1v) is 11.1. The van der Waals surface area contributed by atoms with Crippen molar-refractivity contribution in [1.82, 2.24) is 14.9 Å². The fraction of sp³-hybridized carbons (Fsp3) is 0.308. The standard InChI is InChI=1S/C26H28N4O3/c1-18-23(26(32)29-21-6-4-3-5-7-21)17-27-25(28-18)20-12-14-30(15-13-20)24(31)16-19-8-10-22(33-2)11-9-19/h3-11,17,20H,12-16H2,1-2H3,(H,29,32). The van der Waals surface area contributed by atoms with Gasteiger partial charge < -0.3 is 15.0 Å². The summed E-state index contributed by atoms with van der Waals surface area (Å²) in [5.74, 6) is 1.62. The van der Waals surface area contributed by atoms with E-state index in [0.29, 0.717) is 30.8 Å². The first kappa shape index (κ1) is 22.5. The number of aryl methyl sites for hydroxylation is 1. The lowest BCUT2D eigenvalue weighted by atomic mass is 9.95. The highest BCUT2D eigenvalue weighted by atomic mass is 16.5. The molecule has 0 aliphatic carbocycles. The Morgan fingerprint density at radius 2 is 1.76 bits per heavy atom. The molecule has 1 aliphatic rings. The number of benzene rings is 2. The van der Waals surface area contributed by atoms with Crippen molar-refractivity contribution in [2.75, 3.05) is 25.5 Å². The molecule has 1 fully saturated rings. The molecule has 0 unspecified atom stereocenters. The maximum Gasteiger partial charge on any atom is 0.259 e. The highest BCUT2D eigenvalue weighted by Gasteiger charge is 2.26. The van der Waals surface area contributed by atoms with Gasteiger partial charge in [-0.15, -0.1) is 0 Å². The number of rotatable bonds is 6. The maximum atomic E-state index is 12.7. The number of piperidine rings is 1. The maximum absolute atomic E-state index is 12.7. The lowest BCUT2D eigenvalue weighted by Gasteiger charge is -2.31. The van der Waals surface area contributed by atoms with E-state index in [1.54, 1.807) is 13.3 Å². The number of likely N-dealkylation sites (tertiary alicyclic amines) is 1. The van der Waals surface area contributed by atoms with Gasteiger partial charge in [0.05, 0.1) is 24.8 Å². The zero-order valence-electron chi connectivity index (χ0n) is 19.0. The predicted octanol–water partition coefficient (Wildman–Crippen LogP) is 3.99. The molecule has 1 aliphatic heterocycles. The third kappa shape index (κ3) is 5.55. The van der Waals surface area contributed by atoms with Crippen LogP contribution >= 0.6 is 0 Å². The van der Waals surface area contributed by atoms with Gasteiger partial charge in [-0.2, -0.15) is 0 Å². The van der Waals surface area contributed by atoms with Crippen LogP contribution in [0.3, 0.4) is 0 Å². The molecule has 0 atom stereocenters. The van der Waals surface area contributed by atoms with Crippen molar-refractivity contribution in [3.63, 3.8) is 0 Å². The van der Waals surface area contributed by atoms with E-state index in [-0.39, 0.29) is 17.7 Å². The summed E-state index contributed by atoms with van der Waals surface area (Å²) in [7, 11) is 1.63. The topological polar surface area (TPSA) is 84.4 Å². The van der Waals surface area contributed by atoms with E-state index in [1.807, 2.05) is 66.4 Å². The van der Waals surface area contributed by atoms with Crippen LogP contribution in [0.4, 0.5) is 5.69 Å². The van der Waals surface area contributed by atoms with E-state index >= 15 is 0 Å². The molecule has 1 N–H and O–H groups in total. The van der Waals surface area contributed by atoms with Crippen LogP contribution in [0.15, 0.2) is 60.8 Å². The SMILES string of the molecule is COc1ccc(CC(=O)N2CCC(c3ncc(C(=O)Nc4ccccc4)c(C)n3)CC2)cc1. The van der Waals surface area contributed by atoms with E-state index < -0.39 is 0 Å². The van der Waals surface area contributed by atoms with Crippen LogP contribution in [0.2, 0.25) is 0 Å². The number of nitrogens with zero attached hydrogens (tertiary/aromatic N) is 3. The molecule has 1 saturated heterocycles. The minimum Gasteiger partial charge on any atom is -0.497 e. The summed E-state index contributed by atoms with van der Waals surface area (Å²) in [5, 5.41) is 2.87. The van der Waals surface area contributed by atoms with Gasteiger partial charge in [0.2, 0.25) is 5.91 Å². The molecule has 170 valence electrons. The van der Waals surface area contributed by atoms with Gasteiger partial charge in [0.1, 0.15) is 11.6 Å². The third-order valence-corrected chi connectivity index (χ3v) is 6.00. The Morgan fingerprint density at radius 1 is 1.06 bits per heavy atom. The minimum atomic E-state index is -0.218. The van der Waals surface area contributed by atoms with Crippen LogP contribution in [-0.2, 0) is 11.2 Å². The molecular formula is C26H28N4O3. The van der Waals surface area contributed by atoms with Crippen LogP contribution in [-0.4, -0.2) is 46.9 Å². The van der Waals surface area contributed by atoms with Crippen LogP contribution in [0.25, 0.3) is 0 Å². The van der Waals surface area contributed by atoms with Crippen molar-refractivity contribution >= 4 is 17.5 Å². The van der Waals surface area contributed by atoms with Crippen LogP contribution in [0.1, 0.15) is 46.2 Å². The number of para-hydroxylation sites is 1. The Bertz CT molecular complexity index is 1110. The summed E-state index contributed by atoms with van der Waals surface area (Å²) in [6.45, 7) is 3.19. The number of ether oxygens (including phenoxy) is 1. The summed E-state index contributed by atoms with van der Waals surface area (Å²) in [6, 6.07) is 16.9. The first-order chi connectivity index (χ1) is 16.0. The second-order valence-corrected chi connectivity index (χ2v) is 8.23. The molecule has 2 amide bonds. The average molecular weight is 445 g/mol. The van der Waals surface area contributed by atoms with Gasteiger partial charge in [0.25, 0.3) is 5.91 Å². The second kappa shape index (κ2) is 10.3.